The van der Waals surface area contributed by atoms with Crippen LogP contribution in [0, 0.1) is 0 Å². The van der Waals surface area contributed by atoms with Crippen LogP contribution in [0.25, 0.3) is 0 Å². The van der Waals surface area contributed by atoms with E-state index in [0.29, 0.717) is 30.2 Å². The van der Waals surface area contributed by atoms with Crippen molar-refractivity contribution in [2.45, 2.75) is 27.2 Å². The van der Waals surface area contributed by atoms with Gasteiger partial charge in [-0.05, 0) is 32.4 Å². The number of amides is 2. The summed E-state index contributed by atoms with van der Waals surface area (Å²) >= 11 is 5.92. The predicted molar refractivity (Wildman–Crippen MR) is 78.9 cm³/mol. The summed E-state index contributed by atoms with van der Waals surface area (Å²) in [7, 11) is 0. The average molecular weight is 298 g/mol. The zero-order valence-electron chi connectivity index (χ0n) is 12.1. The summed E-state index contributed by atoms with van der Waals surface area (Å²) in [6, 6.07) is 3.25. The van der Waals surface area contributed by atoms with Gasteiger partial charge in [-0.15, -0.1) is 0 Å². The third-order valence-electron chi connectivity index (χ3n) is 2.83. The van der Waals surface area contributed by atoms with E-state index in [0.717, 1.165) is 5.69 Å². The maximum Gasteiger partial charge on any atom is 0.254 e. The molecule has 1 rings (SSSR count). The first-order valence-corrected chi connectivity index (χ1v) is 7.12. The van der Waals surface area contributed by atoms with E-state index in [9.17, 15) is 9.59 Å². The highest BCUT2D eigenvalue weighted by molar-refractivity contribution is 6.29. The lowest BCUT2D eigenvalue weighted by molar-refractivity contribution is -0.121. The van der Waals surface area contributed by atoms with Gasteiger partial charge in [0.2, 0.25) is 5.91 Å². The molecule has 0 radical (unpaired) electrons. The highest BCUT2D eigenvalue weighted by Gasteiger charge is 2.18. The molecule has 20 heavy (non-hydrogen) atoms. The van der Waals surface area contributed by atoms with Crippen molar-refractivity contribution >= 4 is 23.4 Å². The number of halogens is 1. The number of hydrogen-bond acceptors (Lipinski definition) is 3. The smallest absolute Gasteiger partial charge is 0.254 e. The summed E-state index contributed by atoms with van der Waals surface area (Å²) in [5.74, 6) is -0.378. The molecule has 0 aliphatic carbocycles. The van der Waals surface area contributed by atoms with Gasteiger partial charge >= 0.3 is 0 Å². The van der Waals surface area contributed by atoms with E-state index < -0.39 is 0 Å². The van der Waals surface area contributed by atoms with Crippen molar-refractivity contribution in [1.29, 1.82) is 0 Å². The quantitative estimate of drug-likeness (QED) is 0.816. The van der Waals surface area contributed by atoms with Gasteiger partial charge in [0.1, 0.15) is 5.15 Å². The van der Waals surface area contributed by atoms with E-state index in [-0.39, 0.29) is 18.4 Å². The maximum absolute atomic E-state index is 12.4. The first-order valence-electron chi connectivity index (χ1n) is 6.74. The minimum absolute atomic E-state index is 0.0462. The molecular weight excluding hydrogens is 278 g/mol. The third-order valence-corrected chi connectivity index (χ3v) is 3.03. The monoisotopic (exact) mass is 297 g/mol. The Balaban J connectivity index is 2.90. The summed E-state index contributed by atoms with van der Waals surface area (Å²) in [5.41, 5.74) is 1.22. The van der Waals surface area contributed by atoms with Crippen LogP contribution in [0.5, 0.6) is 0 Å². The molecule has 5 nitrogen and oxygen atoms in total. The standard InChI is InChI=1S/C14H20ClN3O2/c1-4-11-7-10(8-12(15)17-11)14(20)18(6-3)9-13(19)16-5-2/h7-8H,4-6,9H2,1-3H3,(H,16,19). The van der Waals surface area contributed by atoms with Crippen LogP contribution in [0.15, 0.2) is 12.1 Å². The molecule has 0 aromatic carbocycles. The normalized spacial score (nSPS) is 10.2. The molecule has 1 aromatic rings. The highest BCUT2D eigenvalue weighted by Crippen LogP contribution is 2.13. The Morgan fingerprint density at radius 2 is 2.00 bits per heavy atom. The van der Waals surface area contributed by atoms with Gasteiger partial charge in [-0.25, -0.2) is 4.98 Å². The second-order valence-electron chi connectivity index (χ2n) is 4.30. The summed E-state index contributed by atoms with van der Waals surface area (Å²) < 4.78 is 0. The predicted octanol–water partition coefficient (Wildman–Crippen LogP) is 1.90. The van der Waals surface area contributed by atoms with Gasteiger partial charge < -0.3 is 10.2 Å². The van der Waals surface area contributed by atoms with Gasteiger partial charge in [0, 0.05) is 24.3 Å². The van der Waals surface area contributed by atoms with E-state index in [2.05, 4.69) is 10.3 Å². The molecule has 0 fully saturated rings. The average Bonchev–Trinajstić information content (AvgIpc) is 2.43. The summed E-state index contributed by atoms with van der Waals surface area (Å²) in [4.78, 5) is 29.6. The lowest BCUT2D eigenvalue weighted by Gasteiger charge is -2.20. The van der Waals surface area contributed by atoms with Crippen molar-refractivity contribution < 1.29 is 9.59 Å². The number of aryl methyl sites for hydroxylation is 1. The highest BCUT2D eigenvalue weighted by atomic mass is 35.5. The van der Waals surface area contributed by atoms with Gasteiger partial charge in [0.05, 0.1) is 6.54 Å². The topological polar surface area (TPSA) is 62.3 Å². The first-order chi connectivity index (χ1) is 9.51. The fourth-order valence-electron chi connectivity index (χ4n) is 1.79. The summed E-state index contributed by atoms with van der Waals surface area (Å²) in [5, 5.41) is 2.97. The van der Waals surface area contributed by atoms with Crippen molar-refractivity contribution in [1.82, 2.24) is 15.2 Å². The van der Waals surface area contributed by atoms with Crippen molar-refractivity contribution in [3.63, 3.8) is 0 Å². The zero-order chi connectivity index (χ0) is 15.1. The number of carbonyl (C=O) groups is 2. The second kappa shape index (κ2) is 7.85. The van der Waals surface area contributed by atoms with Crippen molar-refractivity contribution in [3.05, 3.63) is 28.5 Å². The number of nitrogens with zero attached hydrogens (tertiary/aromatic N) is 2. The second-order valence-corrected chi connectivity index (χ2v) is 4.68. The van der Waals surface area contributed by atoms with Crippen molar-refractivity contribution in [2.75, 3.05) is 19.6 Å². The summed E-state index contributed by atoms with van der Waals surface area (Å²) in [6.07, 6.45) is 0.698. The molecule has 0 atom stereocenters. The fourth-order valence-corrected chi connectivity index (χ4v) is 2.02. The molecule has 0 saturated carbocycles. The van der Waals surface area contributed by atoms with Gasteiger partial charge in [0.15, 0.2) is 0 Å². The molecule has 0 bridgehead atoms. The van der Waals surface area contributed by atoms with E-state index in [1.807, 2.05) is 20.8 Å². The molecule has 0 aliphatic heterocycles. The number of pyridine rings is 1. The van der Waals surface area contributed by atoms with Crippen molar-refractivity contribution in [3.8, 4) is 0 Å². The number of hydrogen-bond donors (Lipinski definition) is 1. The molecule has 1 aromatic heterocycles. The number of nitrogens with one attached hydrogen (secondary N) is 1. The first kappa shape index (κ1) is 16.4. The molecule has 0 aliphatic rings. The Morgan fingerprint density at radius 3 is 2.55 bits per heavy atom. The molecule has 0 saturated heterocycles. The van der Waals surface area contributed by atoms with Crippen LogP contribution in [0.2, 0.25) is 5.15 Å². The zero-order valence-corrected chi connectivity index (χ0v) is 12.8. The molecule has 2 amide bonds. The van der Waals surface area contributed by atoms with E-state index >= 15 is 0 Å². The van der Waals surface area contributed by atoms with Crippen LogP contribution in [-0.2, 0) is 11.2 Å². The molecule has 0 unspecified atom stereocenters. The number of rotatable bonds is 6. The fraction of sp³-hybridized carbons (Fsp3) is 0.500. The van der Waals surface area contributed by atoms with Gasteiger partial charge in [-0.1, -0.05) is 18.5 Å². The van der Waals surface area contributed by atoms with Crippen LogP contribution < -0.4 is 5.32 Å². The third kappa shape index (κ3) is 4.49. The van der Waals surface area contributed by atoms with Crippen molar-refractivity contribution in [2.24, 2.45) is 0 Å². The number of carbonyl (C=O) groups excluding carboxylic acids is 2. The largest absolute Gasteiger partial charge is 0.355 e. The Bertz CT molecular complexity index is 491. The number of aromatic nitrogens is 1. The Labute approximate surface area is 124 Å². The Hall–Kier alpha value is -1.62. The minimum atomic E-state index is -0.210. The van der Waals surface area contributed by atoms with Crippen LogP contribution in [0.1, 0.15) is 36.8 Å². The molecule has 0 spiro atoms. The molecule has 110 valence electrons. The lowest BCUT2D eigenvalue weighted by Crippen LogP contribution is -2.40. The van der Waals surface area contributed by atoms with Crippen LogP contribution in [0.4, 0.5) is 0 Å². The van der Waals surface area contributed by atoms with E-state index in [4.69, 9.17) is 11.6 Å². The lowest BCUT2D eigenvalue weighted by atomic mass is 10.1. The maximum atomic E-state index is 12.4. The van der Waals surface area contributed by atoms with Crippen LogP contribution in [0.3, 0.4) is 0 Å². The van der Waals surface area contributed by atoms with E-state index in [1.54, 1.807) is 6.07 Å². The van der Waals surface area contributed by atoms with Crippen LogP contribution in [-0.4, -0.2) is 41.3 Å². The van der Waals surface area contributed by atoms with Gasteiger partial charge in [-0.3, -0.25) is 9.59 Å². The minimum Gasteiger partial charge on any atom is -0.355 e. The molecule has 1 heterocycles. The van der Waals surface area contributed by atoms with Crippen LogP contribution >= 0.6 is 11.6 Å². The number of likely N-dealkylation sites (N-methyl/N-ethyl adjacent to an activating group) is 2. The Morgan fingerprint density at radius 1 is 1.30 bits per heavy atom. The summed E-state index contributed by atoms with van der Waals surface area (Å²) in [6.45, 7) is 6.67. The SMILES string of the molecule is CCNC(=O)CN(CC)C(=O)c1cc(Cl)nc(CC)c1. The van der Waals surface area contributed by atoms with E-state index in [1.165, 1.54) is 11.0 Å². The molecular formula is C14H20ClN3O2. The molecule has 6 heteroatoms. The molecule has 1 N–H and O–H groups in total. The Kier molecular flexibility index (Phi) is 6.45. The van der Waals surface area contributed by atoms with Gasteiger partial charge in [0.25, 0.3) is 5.91 Å². The van der Waals surface area contributed by atoms with Gasteiger partial charge in [-0.2, -0.15) is 0 Å².